The van der Waals surface area contributed by atoms with Gasteiger partial charge in [-0.15, -0.1) is 0 Å². The van der Waals surface area contributed by atoms with Crippen LogP contribution in [-0.4, -0.2) is 18.5 Å². The normalized spacial score (nSPS) is 22.6. The van der Waals surface area contributed by atoms with Gasteiger partial charge < -0.3 is 10.6 Å². The fraction of sp³-hybridized carbons (Fsp3) is 0.588. The summed E-state index contributed by atoms with van der Waals surface area (Å²) >= 11 is 0. The molecule has 1 amide bonds. The highest BCUT2D eigenvalue weighted by molar-refractivity contribution is 5.94. The van der Waals surface area contributed by atoms with Crippen molar-refractivity contribution in [2.45, 2.75) is 52.5 Å². The van der Waals surface area contributed by atoms with Gasteiger partial charge in [0.2, 0.25) is 5.91 Å². The van der Waals surface area contributed by atoms with Gasteiger partial charge in [0, 0.05) is 18.3 Å². The highest BCUT2D eigenvalue weighted by atomic mass is 16.1. The van der Waals surface area contributed by atoms with Crippen LogP contribution in [-0.2, 0) is 17.6 Å². The highest BCUT2D eigenvalue weighted by Gasteiger charge is 2.24. The number of piperidine rings is 1. The van der Waals surface area contributed by atoms with Crippen molar-refractivity contribution in [2.24, 2.45) is 5.92 Å². The Bertz CT molecular complexity index is 440. The first-order valence-corrected chi connectivity index (χ1v) is 7.80. The molecule has 3 heteroatoms. The van der Waals surface area contributed by atoms with Crippen molar-refractivity contribution in [1.29, 1.82) is 0 Å². The summed E-state index contributed by atoms with van der Waals surface area (Å²) in [6, 6.07) is 6.83. The van der Waals surface area contributed by atoms with Gasteiger partial charge in [-0.05, 0) is 43.7 Å². The third-order valence-electron chi connectivity index (χ3n) is 4.28. The van der Waals surface area contributed by atoms with E-state index < -0.39 is 0 Å². The fourth-order valence-electron chi connectivity index (χ4n) is 2.85. The number of nitrogens with one attached hydrogen (secondary N) is 2. The lowest BCUT2D eigenvalue weighted by Gasteiger charge is -2.27. The molecule has 1 heterocycles. The van der Waals surface area contributed by atoms with Crippen LogP contribution < -0.4 is 10.6 Å². The first kappa shape index (κ1) is 15.0. The molecule has 2 unspecified atom stereocenters. The number of anilines is 1. The van der Waals surface area contributed by atoms with Crippen molar-refractivity contribution in [3.8, 4) is 0 Å². The smallest absolute Gasteiger partial charge is 0.228 e. The quantitative estimate of drug-likeness (QED) is 0.885. The van der Waals surface area contributed by atoms with Crippen LogP contribution in [0.2, 0.25) is 0 Å². The van der Waals surface area contributed by atoms with E-state index in [1.807, 2.05) is 0 Å². The van der Waals surface area contributed by atoms with E-state index in [-0.39, 0.29) is 11.8 Å². The molecule has 1 aliphatic rings. The summed E-state index contributed by atoms with van der Waals surface area (Å²) in [4.78, 5) is 12.5. The molecule has 2 atom stereocenters. The number of hydrogen-bond donors (Lipinski definition) is 2. The molecule has 0 aliphatic carbocycles. The molecule has 1 aromatic rings. The van der Waals surface area contributed by atoms with E-state index in [9.17, 15) is 4.79 Å². The van der Waals surface area contributed by atoms with Gasteiger partial charge in [-0.3, -0.25) is 4.79 Å². The van der Waals surface area contributed by atoms with E-state index in [2.05, 4.69) is 49.6 Å². The van der Waals surface area contributed by atoms with Crippen molar-refractivity contribution in [3.63, 3.8) is 0 Å². The van der Waals surface area contributed by atoms with Crippen LogP contribution in [0.5, 0.6) is 0 Å². The second-order valence-corrected chi connectivity index (χ2v) is 5.73. The Kier molecular flexibility index (Phi) is 5.18. The largest absolute Gasteiger partial charge is 0.325 e. The Morgan fingerprint density at radius 1 is 1.25 bits per heavy atom. The third-order valence-corrected chi connectivity index (χ3v) is 4.28. The van der Waals surface area contributed by atoms with Gasteiger partial charge in [0.1, 0.15) is 0 Å². The fourth-order valence-corrected chi connectivity index (χ4v) is 2.85. The molecule has 20 heavy (non-hydrogen) atoms. The number of rotatable bonds is 4. The van der Waals surface area contributed by atoms with Gasteiger partial charge in [0.05, 0.1) is 5.92 Å². The lowest BCUT2D eigenvalue weighted by Crippen LogP contribution is -2.42. The molecular formula is C17H26N2O. The van der Waals surface area contributed by atoms with Gasteiger partial charge in [0.25, 0.3) is 0 Å². The average Bonchev–Trinajstić information content (AvgIpc) is 2.48. The van der Waals surface area contributed by atoms with Crippen molar-refractivity contribution in [3.05, 3.63) is 29.3 Å². The van der Waals surface area contributed by atoms with Crippen LogP contribution in [0.1, 0.15) is 44.7 Å². The Balaban J connectivity index is 2.11. The van der Waals surface area contributed by atoms with Crippen LogP contribution in [0.4, 0.5) is 5.69 Å². The lowest BCUT2D eigenvalue weighted by atomic mass is 9.94. The zero-order valence-electron chi connectivity index (χ0n) is 12.8. The van der Waals surface area contributed by atoms with E-state index in [0.717, 1.165) is 37.9 Å². The van der Waals surface area contributed by atoms with E-state index in [1.165, 1.54) is 11.1 Å². The van der Waals surface area contributed by atoms with E-state index in [1.54, 1.807) is 0 Å². The molecule has 1 aliphatic heterocycles. The maximum Gasteiger partial charge on any atom is 0.228 e. The monoisotopic (exact) mass is 274 g/mol. The van der Waals surface area contributed by atoms with E-state index in [4.69, 9.17) is 0 Å². The second-order valence-electron chi connectivity index (χ2n) is 5.73. The summed E-state index contributed by atoms with van der Waals surface area (Å²) < 4.78 is 0. The Hall–Kier alpha value is -1.35. The lowest BCUT2D eigenvalue weighted by molar-refractivity contribution is -0.120. The minimum Gasteiger partial charge on any atom is -0.325 e. The molecular weight excluding hydrogens is 248 g/mol. The number of aryl methyl sites for hydroxylation is 2. The predicted octanol–water partition coefficient (Wildman–Crippen LogP) is 3.14. The van der Waals surface area contributed by atoms with Crippen molar-refractivity contribution < 1.29 is 4.79 Å². The van der Waals surface area contributed by atoms with Crippen LogP contribution >= 0.6 is 0 Å². The molecule has 3 nitrogen and oxygen atoms in total. The number of carbonyl (C=O) groups is 1. The first-order valence-electron chi connectivity index (χ1n) is 7.80. The standard InChI is InChI=1S/C17H26N2O/c1-4-13-7-6-8-14(5-2)16(13)19-17(20)15-10-9-12(3)18-11-15/h6-8,12,15,18H,4-5,9-11H2,1-3H3,(H,19,20). The molecule has 0 saturated carbocycles. The number of amides is 1. The number of hydrogen-bond acceptors (Lipinski definition) is 2. The molecule has 0 radical (unpaired) electrons. The number of para-hydroxylation sites is 1. The molecule has 2 N–H and O–H groups in total. The topological polar surface area (TPSA) is 41.1 Å². The molecule has 1 aromatic carbocycles. The summed E-state index contributed by atoms with van der Waals surface area (Å²) in [6.45, 7) is 7.24. The van der Waals surface area contributed by atoms with Gasteiger partial charge in [-0.1, -0.05) is 32.0 Å². The average molecular weight is 274 g/mol. The zero-order valence-corrected chi connectivity index (χ0v) is 12.8. The van der Waals surface area contributed by atoms with Crippen molar-refractivity contribution in [1.82, 2.24) is 5.32 Å². The summed E-state index contributed by atoms with van der Waals surface area (Å²) in [6.07, 6.45) is 3.96. The molecule has 0 spiro atoms. The van der Waals surface area contributed by atoms with E-state index >= 15 is 0 Å². The molecule has 110 valence electrons. The van der Waals surface area contributed by atoms with Crippen LogP contribution in [0.3, 0.4) is 0 Å². The van der Waals surface area contributed by atoms with Gasteiger partial charge in [-0.2, -0.15) is 0 Å². The van der Waals surface area contributed by atoms with Crippen molar-refractivity contribution >= 4 is 11.6 Å². The van der Waals surface area contributed by atoms with E-state index in [0.29, 0.717) is 6.04 Å². The van der Waals surface area contributed by atoms with Crippen LogP contribution in [0, 0.1) is 5.92 Å². The summed E-state index contributed by atoms with van der Waals surface area (Å²) in [5.41, 5.74) is 3.51. The minimum atomic E-state index is 0.0980. The summed E-state index contributed by atoms with van der Waals surface area (Å²) in [5.74, 6) is 0.265. The molecule has 1 fully saturated rings. The second kappa shape index (κ2) is 6.89. The molecule has 1 saturated heterocycles. The molecule has 2 rings (SSSR count). The van der Waals surface area contributed by atoms with Gasteiger partial charge >= 0.3 is 0 Å². The minimum absolute atomic E-state index is 0.0980. The maximum atomic E-state index is 12.5. The van der Waals surface area contributed by atoms with Crippen molar-refractivity contribution in [2.75, 3.05) is 11.9 Å². The van der Waals surface area contributed by atoms with Gasteiger partial charge in [0.15, 0.2) is 0 Å². The maximum absolute atomic E-state index is 12.5. The number of carbonyl (C=O) groups excluding carboxylic acids is 1. The van der Waals surface area contributed by atoms with Crippen LogP contribution in [0.15, 0.2) is 18.2 Å². The SMILES string of the molecule is CCc1cccc(CC)c1NC(=O)C1CCC(C)NC1. The third kappa shape index (κ3) is 3.40. The summed E-state index contributed by atoms with van der Waals surface area (Å²) in [7, 11) is 0. The molecule has 0 bridgehead atoms. The predicted molar refractivity (Wildman–Crippen MR) is 84.0 cm³/mol. The first-order chi connectivity index (χ1) is 9.65. The van der Waals surface area contributed by atoms with Gasteiger partial charge in [-0.25, -0.2) is 0 Å². The summed E-state index contributed by atoms with van der Waals surface area (Å²) in [5, 5.41) is 6.58. The molecule has 0 aromatic heterocycles. The Morgan fingerprint density at radius 2 is 1.90 bits per heavy atom. The Morgan fingerprint density at radius 3 is 2.40 bits per heavy atom. The number of benzene rings is 1. The Labute approximate surface area is 122 Å². The highest BCUT2D eigenvalue weighted by Crippen LogP contribution is 2.24. The zero-order chi connectivity index (χ0) is 14.5. The van der Waals surface area contributed by atoms with Crippen LogP contribution in [0.25, 0.3) is 0 Å².